The van der Waals surface area contributed by atoms with Gasteiger partial charge in [0.05, 0.1) is 32.4 Å². The van der Waals surface area contributed by atoms with E-state index >= 15 is 0 Å². The maximum absolute atomic E-state index is 13.9. The van der Waals surface area contributed by atoms with Crippen molar-refractivity contribution in [3.05, 3.63) is 161 Å². The molecule has 0 bridgehead atoms. The SMILES string of the molecule is COc1cc(F)ccc1-c1ccc2c(c1CSc1ccccc1)C(C)=CC(C)(C)N2.COc1ccccc1SCc1c(-c2ccc(F)cc2OC)ccc2c1C(C)=CC(C)(C)N2. The summed E-state index contributed by atoms with van der Waals surface area (Å²) < 4.78 is 44.4. The zero-order valence-electron chi connectivity index (χ0n) is 36.8. The van der Waals surface area contributed by atoms with Crippen molar-refractivity contribution in [2.24, 2.45) is 0 Å². The molecule has 0 saturated heterocycles. The highest BCUT2D eigenvalue weighted by Gasteiger charge is 2.28. The number of thioether (sulfide) groups is 2. The van der Waals surface area contributed by atoms with Gasteiger partial charge in [0.15, 0.2) is 0 Å². The van der Waals surface area contributed by atoms with E-state index in [4.69, 9.17) is 14.2 Å². The Kier molecular flexibility index (Phi) is 13.4. The monoisotopic (exact) mass is 868 g/mol. The van der Waals surface area contributed by atoms with Crippen LogP contribution < -0.4 is 24.8 Å². The largest absolute Gasteiger partial charge is 0.496 e. The molecule has 2 heterocycles. The van der Waals surface area contributed by atoms with E-state index < -0.39 is 0 Å². The van der Waals surface area contributed by atoms with E-state index in [1.54, 1.807) is 50.9 Å². The van der Waals surface area contributed by atoms with Crippen LogP contribution in [0.4, 0.5) is 20.2 Å². The molecule has 320 valence electrons. The third-order valence-electron chi connectivity index (χ3n) is 11.0. The van der Waals surface area contributed by atoms with Crippen LogP contribution in [0.15, 0.2) is 137 Å². The fourth-order valence-corrected chi connectivity index (χ4v) is 10.6. The summed E-state index contributed by atoms with van der Waals surface area (Å²) in [6.07, 6.45) is 4.54. The van der Waals surface area contributed by atoms with Crippen molar-refractivity contribution in [2.45, 2.75) is 73.9 Å². The molecule has 0 atom stereocenters. The molecule has 0 aromatic heterocycles. The molecule has 0 amide bonds. The van der Waals surface area contributed by atoms with Gasteiger partial charge in [-0.15, -0.1) is 23.5 Å². The van der Waals surface area contributed by atoms with E-state index in [1.165, 1.54) is 62.6 Å². The highest BCUT2D eigenvalue weighted by molar-refractivity contribution is 7.98. The first-order valence-corrected chi connectivity index (χ1v) is 22.6. The van der Waals surface area contributed by atoms with Gasteiger partial charge in [-0.1, -0.05) is 54.6 Å². The quantitative estimate of drug-likeness (QED) is 0.126. The van der Waals surface area contributed by atoms with Gasteiger partial charge in [-0.25, -0.2) is 8.78 Å². The van der Waals surface area contributed by atoms with Crippen molar-refractivity contribution >= 4 is 46.0 Å². The number of fused-ring (bicyclic) bond motifs is 2. The topological polar surface area (TPSA) is 51.8 Å². The lowest BCUT2D eigenvalue weighted by atomic mass is 9.85. The van der Waals surface area contributed by atoms with E-state index in [0.29, 0.717) is 11.5 Å². The lowest BCUT2D eigenvalue weighted by molar-refractivity contribution is 0.405. The third kappa shape index (κ3) is 9.85. The van der Waals surface area contributed by atoms with E-state index in [1.807, 2.05) is 30.3 Å². The van der Waals surface area contributed by atoms with E-state index in [9.17, 15) is 8.78 Å². The van der Waals surface area contributed by atoms with Crippen molar-refractivity contribution in [1.29, 1.82) is 0 Å². The van der Waals surface area contributed by atoms with Gasteiger partial charge >= 0.3 is 0 Å². The molecule has 6 aromatic rings. The lowest BCUT2D eigenvalue weighted by Crippen LogP contribution is -2.31. The molecule has 5 nitrogen and oxygen atoms in total. The standard InChI is InChI=1S/C27H28FNO2S.C26H26FNOS/c1-17-15-27(2,3)29-22-13-12-19(20-11-10-18(28)14-24(20)31-5)21(26(17)22)16-32-25-9-7-6-8-23(25)30-4;1-17-15-26(2,3)28-23-13-12-20(21-11-10-18(27)14-24(21)29-4)22(25(17)23)16-30-19-8-6-5-7-9-19/h6-15,29H,16H2,1-5H3;5-15,28H,16H2,1-4H3. The first kappa shape index (κ1) is 44.4. The maximum Gasteiger partial charge on any atom is 0.132 e. The van der Waals surface area contributed by atoms with E-state index in [2.05, 4.69) is 119 Å². The number of hydrogen-bond donors (Lipinski definition) is 2. The molecular formula is C53H54F2N2O3S2. The molecule has 0 saturated carbocycles. The van der Waals surface area contributed by atoms with Gasteiger partial charge in [-0.2, -0.15) is 0 Å². The molecule has 0 aliphatic carbocycles. The Labute approximate surface area is 374 Å². The molecule has 0 fully saturated rings. The number of anilines is 2. The fourth-order valence-electron chi connectivity index (χ4n) is 8.54. The normalized spacial score (nSPS) is 14.4. The molecule has 8 rings (SSSR count). The third-order valence-corrected chi connectivity index (χ3v) is 13.1. The van der Waals surface area contributed by atoms with Crippen LogP contribution in [-0.2, 0) is 11.5 Å². The van der Waals surface area contributed by atoms with Crippen LogP contribution in [0.2, 0.25) is 0 Å². The predicted octanol–water partition coefficient (Wildman–Crippen LogP) is 14.8. The fraction of sp³-hybridized carbons (Fsp3) is 0.245. The summed E-state index contributed by atoms with van der Waals surface area (Å²) >= 11 is 3.53. The van der Waals surface area contributed by atoms with Crippen LogP contribution in [0.1, 0.15) is 63.8 Å². The zero-order chi connectivity index (χ0) is 44.2. The summed E-state index contributed by atoms with van der Waals surface area (Å²) in [6, 6.07) is 36.4. The lowest BCUT2D eigenvalue weighted by Gasteiger charge is -2.33. The number of halogens is 2. The molecule has 9 heteroatoms. The molecule has 0 unspecified atom stereocenters. The first-order chi connectivity index (χ1) is 29.7. The number of methoxy groups -OCH3 is 3. The van der Waals surface area contributed by atoms with Crippen LogP contribution in [-0.4, -0.2) is 32.4 Å². The summed E-state index contributed by atoms with van der Waals surface area (Å²) in [5, 5.41) is 7.29. The summed E-state index contributed by atoms with van der Waals surface area (Å²) in [4.78, 5) is 2.30. The molecule has 62 heavy (non-hydrogen) atoms. The second-order valence-electron chi connectivity index (χ2n) is 16.6. The van der Waals surface area contributed by atoms with Gasteiger partial charge in [0.1, 0.15) is 28.9 Å². The van der Waals surface area contributed by atoms with Crippen LogP contribution in [0.3, 0.4) is 0 Å². The minimum Gasteiger partial charge on any atom is -0.496 e. The van der Waals surface area contributed by atoms with Crippen molar-refractivity contribution in [3.63, 3.8) is 0 Å². The van der Waals surface area contributed by atoms with Crippen LogP contribution >= 0.6 is 23.5 Å². The van der Waals surface area contributed by atoms with Crippen molar-refractivity contribution in [1.82, 2.24) is 0 Å². The van der Waals surface area contributed by atoms with Gasteiger partial charge in [-0.3, -0.25) is 0 Å². The molecule has 0 radical (unpaired) electrons. The predicted molar refractivity (Wildman–Crippen MR) is 258 cm³/mol. The number of ether oxygens (including phenoxy) is 3. The maximum atomic E-state index is 13.9. The number of nitrogens with one attached hydrogen (secondary N) is 2. The number of hydrogen-bond acceptors (Lipinski definition) is 7. The van der Waals surface area contributed by atoms with Crippen molar-refractivity contribution in [3.8, 4) is 39.5 Å². The number of benzene rings is 6. The Morgan fingerprint density at radius 2 is 0.935 bits per heavy atom. The number of para-hydroxylation sites is 1. The van der Waals surface area contributed by atoms with Gasteiger partial charge in [0, 0.05) is 67.1 Å². The minimum absolute atomic E-state index is 0.101. The van der Waals surface area contributed by atoms with Gasteiger partial charge < -0.3 is 24.8 Å². The van der Waals surface area contributed by atoms with Gasteiger partial charge in [0.25, 0.3) is 0 Å². The highest BCUT2D eigenvalue weighted by Crippen LogP contribution is 2.47. The van der Waals surface area contributed by atoms with Gasteiger partial charge in [0.2, 0.25) is 0 Å². The second kappa shape index (κ2) is 18.8. The molecular weight excluding hydrogens is 815 g/mol. The zero-order valence-corrected chi connectivity index (χ0v) is 38.5. The number of rotatable bonds is 11. The Balaban J connectivity index is 0.000000187. The van der Waals surface area contributed by atoms with Crippen molar-refractivity contribution in [2.75, 3.05) is 32.0 Å². The summed E-state index contributed by atoms with van der Waals surface area (Å²) in [5.41, 5.74) is 13.2. The molecule has 0 spiro atoms. The molecule has 6 aromatic carbocycles. The van der Waals surface area contributed by atoms with Gasteiger partial charge in [-0.05, 0) is 136 Å². The van der Waals surface area contributed by atoms with E-state index in [0.717, 1.165) is 55.8 Å². The second-order valence-corrected chi connectivity index (χ2v) is 18.7. The highest BCUT2D eigenvalue weighted by atomic mass is 32.2. The van der Waals surface area contributed by atoms with Crippen molar-refractivity contribution < 1.29 is 23.0 Å². The molecule has 2 aliphatic rings. The Morgan fingerprint density at radius 3 is 1.42 bits per heavy atom. The van der Waals surface area contributed by atoms with Crippen LogP contribution in [0, 0.1) is 11.6 Å². The van der Waals surface area contributed by atoms with Crippen LogP contribution in [0.25, 0.3) is 33.4 Å². The molecule has 2 aliphatic heterocycles. The Bertz CT molecular complexity index is 2660. The Hall–Kier alpha value is -5.64. The van der Waals surface area contributed by atoms with E-state index in [-0.39, 0.29) is 22.7 Å². The average molecular weight is 869 g/mol. The minimum atomic E-state index is -0.312. The summed E-state index contributed by atoms with van der Waals surface area (Å²) in [5.74, 6) is 2.85. The molecule has 2 N–H and O–H groups in total. The summed E-state index contributed by atoms with van der Waals surface area (Å²) in [7, 11) is 4.86. The first-order valence-electron chi connectivity index (χ1n) is 20.6. The Morgan fingerprint density at radius 1 is 0.500 bits per heavy atom. The summed E-state index contributed by atoms with van der Waals surface area (Å²) in [6.45, 7) is 13.0. The average Bonchev–Trinajstić information content (AvgIpc) is 3.24. The van der Waals surface area contributed by atoms with Crippen LogP contribution in [0.5, 0.6) is 17.2 Å². The smallest absolute Gasteiger partial charge is 0.132 e. The number of allylic oxidation sites excluding steroid dienone is 2.